The Morgan fingerprint density at radius 3 is 2.77 bits per heavy atom. The molecule has 2 heterocycles. The second-order valence-electron chi connectivity index (χ2n) is 7.27. The number of pyridine rings is 1. The zero-order valence-corrected chi connectivity index (χ0v) is 17.5. The number of nitrogens with one attached hydrogen (secondary N) is 1. The molecule has 0 unspecified atom stereocenters. The van der Waals surface area contributed by atoms with Gasteiger partial charge in [0.15, 0.2) is 0 Å². The molecule has 0 spiro atoms. The summed E-state index contributed by atoms with van der Waals surface area (Å²) >= 11 is 0. The van der Waals surface area contributed by atoms with Crippen molar-refractivity contribution in [2.45, 2.75) is 24.3 Å². The molecule has 9 nitrogen and oxygen atoms in total. The van der Waals surface area contributed by atoms with E-state index < -0.39 is 32.2 Å². The average Bonchev–Trinajstić information content (AvgIpc) is 2.72. The zero-order valence-electron chi connectivity index (χ0n) is 16.7. The predicted molar refractivity (Wildman–Crippen MR) is 106 cm³/mol. The van der Waals surface area contributed by atoms with Crippen LogP contribution in [0.2, 0.25) is 0 Å². The number of hydrogen-bond acceptors (Lipinski definition) is 7. The van der Waals surface area contributed by atoms with E-state index in [9.17, 15) is 22.7 Å². The van der Waals surface area contributed by atoms with E-state index in [0.717, 1.165) is 16.4 Å². The van der Waals surface area contributed by atoms with E-state index in [1.807, 2.05) is 0 Å². The number of fused-ring (bicyclic) bond motifs is 1. The Kier molecular flexibility index (Phi) is 5.86. The Labute approximate surface area is 173 Å². The van der Waals surface area contributed by atoms with E-state index in [0.29, 0.717) is 0 Å². The number of benzene rings is 1. The van der Waals surface area contributed by atoms with Gasteiger partial charge in [0.2, 0.25) is 5.88 Å². The second-order valence-corrected chi connectivity index (χ2v) is 9.10. The number of hydrogen-bond donors (Lipinski definition) is 2. The summed E-state index contributed by atoms with van der Waals surface area (Å²) in [6.07, 6.45) is 1.24. The third kappa shape index (κ3) is 4.17. The number of amides is 1. The van der Waals surface area contributed by atoms with Crippen LogP contribution >= 0.6 is 0 Å². The van der Waals surface area contributed by atoms with Crippen molar-refractivity contribution in [3.63, 3.8) is 0 Å². The van der Waals surface area contributed by atoms with Crippen molar-refractivity contribution in [3.05, 3.63) is 41.8 Å². The molecule has 3 rings (SSSR count). The highest BCUT2D eigenvalue weighted by atomic mass is 32.2. The van der Waals surface area contributed by atoms with Crippen LogP contribution in [0.25, 0.3) is 0 Å². The summed E-state index contributed by atoms with van der Waals surface area (Å²) in [6.45, 7) is 2.89. The van der Waals surface area contributed by atoms with E-state index in [1.165, 1.54) is 25.4 Å². The van der Waals surface area contributed by atoms with Gasteiger partial charge < -0.3 is 19.9 Å². The first-order valence-electron chi connectivity index (χ1n) is 9.01. The van der Waals surface area contributed by atoms with Crippen LogP contribution in [0.4, 0.5) is 10.1 Å². The van der Waals surface area contributed by atoms with Crippen LogP contribution in [0.1, 0.15) is 24.2 Å². The Morgan fingerprint density at radius 2 is 2.13 bits per heavy atom. The van der Waals surface area contributed by atoms with Gasteiger partial charge in [-0.05, 0) is 32.0 Å². The highest BCUT2D eigenvalue weighted by Crippen LogP contribution is 2.35. The number of halogens is 1. The molecule has 0 saturated heterocycles. The van der Waals surface area contributed by atoms with Crippen molar-refractivity contribution in [3.8, 4) is 11.6 Å². The van der Waals surface area contributed by atoms with Gasteiger partial charge in [-0.3, -0.25) is 9.10 Å². The highest BCUT2D eigenvalue weighted by molar-refractivity contribution is 7.92. The summed E-state index contributed by atoms with van der Waals surface area (Å²) in [5, 5.41) is 12.0. The molecule has 1 aliphatic rings. The Hall–Kier alpha value is -2.92. The van der Waals surface area contributed by atoms with E-state index in [1.54, 1.807) is 13.8 Å². The molecule has 0 aliphatic carbocycles. The van der Waals surface area contributed by atoms with Gasteiger partial charge in [-0.15, -0.1) is 0 Å². The van der Waals surface area contributed by atoms with Gasteiger partial charge >= 0.3 is 0 Å². The largest absolute Gasteiger partial charge is 0.497 e. The standard InChI is InChI=1S/C19H22FN3O6S/c1-19(2,11-24)22-17(25)12-8-15-18(21-10-12)29-7-6-23(15)30(26,27)16-5-4-13(28-3)9-14(16)20/h4-5,8-10,24H,6-7,11H2,1-3H3,(H,22,25). The van der Waals surface area contributed by atoms with Gasteiger partial charge in [0, 0.05) is 12.3 Å². The van der Waals surface area contributed by atoms with Crippen LogP contribution in [0.15, 0.2) is 35.4 Å². The van der Waals surface area contributed by atoms with Crippen LogP contribution in [0.3, 0.4) is 0 Å². The lowest BCUT2D eigenvalue weighted by Crippen LogP contribution is -2.46. The van der Waals surface area contributed by atoms with Crippen molar-refractivity contribution in [1.82, 2.24) is 10.3 Å². The van der Waals surface area contributed by atoms with Crippen LogP contribution < -0.4 is 19.1 Å². The molecule has 1 amide bonds. The third-order valence-corrected chi connectivity index (χ3v) is 6.30. The lowest BCUT2D eigenvalue weighted by Gasteiger charge is -2.30. The fraction of sp³-hybridized carbons (Fsp3) is 0.368. The first-order chi connectivity index (χ1) is 14.1. The molecule has 1 aromatic heterocycles. The van der Waals surface area contributed by atoms with Crippen LogP contribution in [0.5, 0.6) is 11.6 Å². The van der Waals surface area contributed by atoms with E-state index in [-0.39, 0.29) is 42.6 Å². The smallest absolute Gasteiger partial charge is 0.267 e. The van der Waals surface area contributed by atoms with Crippen molar-refractivity contribution >= 4 is 21.6 Å². The van der Waals surface area contributed by atoms with Gasteiger partial charge in [0.1, 0.15) is 28.8 Å². The maximum Gasteiger partial charge on any atom is 0.267 e. The maximum atomic E-state index is 14.5. The molecule has 0 fully saturated rings. The predicted octanol–water partition coefficient (Wildman–Crippen LogP) is 1.32. The molecule has 0 radical (unpaired) electrons. The number of sulfonamides is 1. The molecule has 1 aliphatic heterocycles. The lowest BCUT2D eigenvalue weighted by molar-refractivity contribution is 0.0869. The number of methoxy groups -OCH3 is 1. The van der Waals surface area contributed by atoms with E-state index in [2.05, 4.69) is 10.3 Å². The first-order valence-corrected chi connectivity index (χ1v) is 10.5. The lowest BCUT2D eigenvalue weighted by atomic mass is 10.1. The molecule has 2 aromatic rings. The Morgan fingerprint density at radius 1 is 1.40 bits per heavy atom. The molecule has 162 valence electrons. The van der Waals surface area contributed by atoms with Gasteiger partial charge in [-0.1, -0.05) is 0 Å². The van der Waals surface area contributed by atoms with Gasteiger partial charge in [-0.2, -0.15) is 0 Å². The maximum absolute atomic E-state index is 14.5. The van der Waals surface area contributed by atoms with Crippen molar-refractivity contribution in [2.75, 3.05) is 31.2 Å². The van der Waals surface area contributed by atoms with Gasteiger partial charge in [0.25, 0.3) is 15.9 Å². The van der Waals surface area contributed by atoms with E-state index >= 15 is 0 Å². The number of carbonyl (C=O) groups is 1. The number of carbonyl (C=O) groups excluding carboxylic acids is 1. The minimum atomic E-state index is -4.30. The summed E-state index contributed by atoms with van der Waals surface area (Å²) in [7, 11) is -2.96. The summed E-state index contributed by atoms with van der Waals surface area (Å²) in [5.41, 5.74) is -0.802. The quantitative estimate of drug-likeness (QED) is 0.697. The summed E-state index contributed by atoms with van der Waals surface area (Å²) in [6, 6.07) is 4.75. The molecule has 1 aromatic carbocycles. The third-order valence-electron chi connectivity index (χ3n) is 4.45. The van der Waals surface area contributed by atoms with Crippen LogP contribution in [-0.4, -0.2) is 56.8 Å². The monoisotopic (exact) mass is 439 g/mol. The normalized spacial score (nSPS) is 14.0. The molecular formula is C19H22FN3O6S. The summed E-state index contributed by atoms with van der Waals surface area (Å²) in [5.74, 6) is -1.32. The fourth-order valence-electron chi connectivity index (χ4n) is 2.81. The minimum Gasteiger partial charge on any atom is -0.497 e. The second kappa shape index (κ2) is 8.07. The SMILES string of the molecule is COc1ccc(S(=O)(=O)N2CCOc3ncc(C(=O)NC(C)(C)CO)cc32)c(F)c1. The molecular weight excluding hydrogens is 417 g/mol. The Balaban J connectivity index is 2.01. The molecule has 0 atom stereocenters. The number of anilines is 1. The molecule has 2 N–H and O–H groups in total. The highest BCUT2D eigenvalue weighted by Gasteiger charge is 2.34. The number of nitrogens with zero attached hydrogens (tertiary/aromatic N) is 2. The number of ether oxygens (including phenoxy) is 2. The molecule has 0 bridgehead atoms. The fourth-order valence-corrected chi connectivity index (χ4v) is 4.29. The van der Waals surface area contributed by atoms with Crippen LogP contribution in [-0.2, 0) is 10.0 Å². The molecule has 11 heteroatoms. The van der Waals surface area contributed by atoms with Crippen molar-refractivity contribution < 1.29 is 32.2 Å². The van der Waals surface area contributed by atoms with Crippen LogP contribution in [0, 0.1) is 5.82 Å². The first kappa shape index (κ1) is 21.8. The number of aromatic nitrogens is 1. The zero-order chi connectivity index (χ0) is 22.1. The average molecular weight is 439 g/mol. The minimum absolute atomic E-state index is 0.0108. The Bertz CT molecular complexity index is 1070. The summed E-state index contributed by atoms with van der Waals surface area (Å²) < 4.78 is 52.1. The van der Waals surface area contributed by atoms with Gasteiger partial charge in [-0.25, -0.2) is 17.8 Å². The van der Waals surface area contributed by atoms with Crippen molar-refractivity contribution in [1.29, 1.82) is 0 Å². The summed E-state index contributed by atoms with van der Waals surface area (Å²) in [4.78, 5) is 16.0. The van der Waals surface area contributed by atoms with Gasteiger partial charge in [0.05, 0.1) is 31.4 Å². The number of aliphatic hydroxyl groups excluding tert-OH is 1. The number of rotatable bonds is 6. The van der Waals surface area contributed by atoms with E-state index in [4.69, 9.17) is 9.47 Å². The van der Waals surface area contributed by atoms with Crippen molar-refractivity contribution in [2.24, 2.45) is 0 Å². The topological polar surface area (TPSA) is 118 Å². The molecule has 30 heavy (non-hydrogen) atoms. The molecule has 0 saturated carbocycles. The number of aliphatic hydroxyl groups is 1.